The largest absolute Gasteiger partial charge is 0.441 e. The monoisotopic (exact) mass is 221 g/mol. The first-order valence-electron chi connectivity index (χ1n) is 4.92. The Morgan fingerprint density at radius 2 is 1.75 bits per heavy atom. The number of ketones is 2. The normalized spacial score (nSPS) is 9.75. The van der Waals surface area contributed by atoms with Crippen LogP contribution < -0.4 is 4.90 Å². The molecule has 16 heavy (non-hydrogen) atoms. The number of furan rings is 1. The first kappa shape index (κ1) is 12.2. The topological polar surface area (TPSA) is 50.5 Å². The lowest BCUT2D eigenvalue weighted by Gasteiger charge is -2.06. The second-order valence-electron chi connectivity index (χ2n) is 3.74. The molecule has 0 aliphatic rings. The molecule has 1 aromatic rings. The van der Waals surface area contributed by atoms with Gasteiger partial charge in [-0.15, -0.1) is 0 Å². The fraction of sp³-hybridized carbons (Fsp3) is 0.333. The lowest BCUT2D eigenvalue weighted by atomic mass is 10.1. The van der Waals surface area contributed by atoms with Crippen molar-refractivity contribution in [2.45, 2.75) is 13.8 Å². The molecule has 1 aromatic heterocycles. The smallest absolute Gasteiger partial charge is 0.195 e. The SMILES string of the molecule is CC(=O)C(=Cc1ccc(N(C)C)o1)C(C)=O. The first-order valence-corrected chi connectivity index (χ1v) is 4.92. The van der Waals surface area contributed by atoms with Crippen LogP contribution in [0.1, 0.15) is 19.6 Å². The van der Waals surface area contributed by atoms with E-state index in [2.05, 4.69) is 0 Å². The summed E-state index contributed by atoms with van der Waals surface area (Å²) in [5.74, 6) is 0.674. The third kappa shape index (κ3) is 2.82. The van der Waals surface area contributed by atoms with E-state index in [9.17, 15) is 9.59 Å². The minimum Gasteiger partial charge on any atom is -0.441 e. The molecule has 4 nitrogen and oxygen atoms in total. The molecule has 86 valence electrons. The number of allylic oxidation sites excluding steroid dienone is 1. The van der Waals surface area contributed by atoms with Crippen LogP contribution in [-0.2, 0) is 9.59 Å². The van der Waals surface area contributed by atoms with Gasteiger partial charge in [0.1, 0.15) is 5.76 Å². The predicted octanol–water partition coefficient (Wildman–Crippen LogP) is 1.91. The van der Waals surface area contributed by atoms with Gasteiger partial charge in [-0.3, -0.25) is 9.59 Å². The van der Waals surface area contributed by atoms with Crippen molar-refractivity contribution in [3.05, 3.63) is 23.5 Å². The van der Waals surface area contributed by atoms with Gasteiger partial charge in [-0.2, -0.15) is 0 Å². The average Bonchev–Trinajstić information content (AvgIpc) is 2.61. The number of carbonyl (C=O) groups is 2. The maximum atomic E-state index is 11.2. The molecule has 0 amide bonds. The van der Waals surface area contributed by atoms with Crippen LogP contribution >= 0.6 is 0 Å². The van der Waals surface area contributed by atoms with E-state index in [4.69, 9.17) is 4.42 Å². The van der Waals surface area contributed by atoms with Crippen molar-refractivity contribution in [1.29, 1.82) is 0 Å². The number of anilines is 1. The highest BCUT2D eigenvalue weighted by Gasteiger charge is 2.11. The van der Waals surface area contributed by atoms with Gasteiger partial charge in [0.25, 0.3) is 0 Å². The minimum absolute atomic E-state index is 0.152. The summed E-state index contributed by atoms with van der Waals surface area (Å²) in [5.41, 5.74) is 0.152. The number of hydrogen-bond acceptors (Lipinski definition) is 4. The number of nitrogens with zero attached hydrogens (tertiary/aromatic N) is 1. The van der Waals surface area contributed by atoms with Crippen molar-refractivity contribution >= 4 is 23.5 Å². The van der Waals surface area contributed by atoms with E-state index in [1.54, 1.807) is 17.0 Å². The Morgan fingerprint density at radius 1 is 1.19 bits per heavy atom. The van der Waals surface area contributed by atoms with Gasteiger partial charge in [0, 0.05) is 20.2 Å². The fourth-order valence-electron chi connectivity index (χ4n) is 1.25. The van der Waals surface area contributed by atoms with Crippen LogP contribution in [0.5, 0.6) is 0 Å². The molecule has 0 bridgehead atoms. The molecule has 0 aromatic carbocycles. The zero-order valence-electron chi connectivity index (χ0n) is 9.90. The summed E-state index contributed by atoms with van der Waals surface area (Å²) in [6.45, 7) is 2.73. The van der Waals surface area contributed by atoms with E-state index < -0.39 is 0 Å². The van der Waals surface area contributed by atoms with Crippen LogP contribution in [-0.4, -0.2) is 25.7 Å². The molecule has 0 N–H and O–H groups in total. The second kappa shape index (κ2) is 4.79. The molecule has 0 radical (unpaired) electrons. The molecule has 0 aliphatic carbocycles. The molecule has 0 saturated carbocycles. The van der Waals surface area contributed by atoms with Crippen molar-refractivity contribution in [2.24, 2.45) is 0 Å². The summed E-state index contributed by atoms with van der Waals surface area (Å²) in [5, 5.41) is 0. The summed E-state index contributed by atoms with van der Waals surface area (Å²) < 4.78 is 5.42. The van der Waals surface area contributed by atoms with Gasteiger partial charge in [0.15, 0.2) is 17.5 Å². The van der Waals surface area contributed by atoms with Gasteiger partial charge < -0.3 is 9.32 Å². The standard InChI is InChI=1S/C12H15NO3/c1-8(14)11(9(2)15)7-10-5-6-12(16-10)13(3)4/h5-7H,1-4H3. The Labute approximate surface area is 94.5 Å². The Balaban J connectivity index is 3.04. The van der Waals surface area contributed by atoms with Crippen LogP contribution in [0.3, 0.4) is 0 Å². The molecule has 0 spiro atoms. The van der Waals surface area contributed by atoms with Crippen LogP contribution in [0.15, 0.2) is 22.1 Å². The molecular formula is C12H15NO3. The van der Waals surface area contributed by atoms with Gasteiger partial charge in [0.2, 0.25) is 0 Å². The molecule has 0 unspecified atom stereocenters. The molecular weight excluding hydrogens is 206 g/mol. The molecule has 1 rings (SSSR count). The van der Waals surface area contributed by atoms with E-state index in [0.29, 0.717) is 11.6 Å². The Bertz CT molecular complexity index is 425. The molecule has 1 heterocycles. The summed E-state index contributed by atoms with van der Waals surface area (Å²) >= 11 is 0. The number of Topliss-reactive ketones (excluding diaryl/α,β-unsaturated/α-hetero) is 2. The van der Waals surface area contributed by atoms with Gasteiger partial charge in [0.05, 0.1) is 5.57 Å². The zero-order chi connectivity index (χ0) is 12.3. The van der Waals surface area contributed by atoms with Crippen molar-refractivity contribution in [2.75, 3.05) is 19.0 Å². The number of carbonyl (C=O) groups excluding carboxylic acids is 2. The van der Waals surface area contributed by atoms with E-state index in [1.807, 2.05) is 14.1 Å². The Morgan fingerprint density at radius 3 is 2.12 bits per heavy atom. The molecule has 0 aliphatic heterocycles. The minimum atomic E-state index is -0.254. The third-order valence-electron chi connectivity index (χ3n) is 2.10. The van der Waals surface area contributed by atoms with Gasteiger partial charge in [-0.1, -0.05) is 0 Å². The number of rotatable bonds is 4. The Kier molecular flexibility index (Phi) is 3.66. The lowest BCUT2D eigenvalue weighted by molar-refractivity contribution is -0.119. The maximum absolute atomic E-state index is 11.2. The fourth-order valence-corrected chi connectivity index (χ4v) is 1.25. The van der Waals surface area contributed by atoms with Crippen LogP contribution in [0.2, 0.25) is 0 Å². The molecule has 0 saturated heterocycles. The first-order chi connectivity index (χ1) is 7.41. The van der Waals surface area contributed by atoms with Crippen LogP contribution in [0.25, 0.3) is 6.08 Å². The maximum Gasteiger partial charge on any atom is 0.195 e. The molecule has 0 atom stereocenters. The van der Waals surface area contributed by atoms with Crippen molar-refractivity contribution in [3.63, 3.8) is 0 Å². The highest BCUT2D eigenvalue weighted by molar-refractivity contribution is 6.21. The van der Waals surface area contributed by atoms with Crippen molar-refractivity contribution < 1.29 is 14.0 Å². The summed E-state index contributed by atoms with van der Waals surface area (Å²) in [6, 6.07) is 3.50. The van der Waals surface area contributed by atoms with Gasteiger partial charge >= 0.3 is 0 Å². The van der Waals surface area contributed by atoms with Gasteiger partial charge in [-0.05, 0) is 26.0 Å². The third-order valence-corrected chi connectivity index (χ3v) is 2.10. The second-order valence-corrected chi connectivity index (χ2v) is 3.74. The van der Waals surface area contributed by atoms with Crippen LogP contribution in [0, 0.1) is 0 Å². The quantitative estimate of drug-likeness (QED) is 0.442. The van der Waals surface area contributed by atoms with E-state index in [-0.39, 0.29) is 17.1 Å². The average molecular weight is 221 g/mol. The highest BCUT2D eigenvalue weighted by atomic mass is 16.4. The van der Waals surface area contributed by atoms with Crippen molar-refractivity contribution in [1.82, 2.24) is 0 Å². The summed E-state index contributed by atoms with van der Waals surface area (Å²) in [7, 11) is 3.70. The van der Waals surface area contributed by atoms with E-state index >= 15 is 0 Å². The zero-order valence-corrected chi connectivity index (χ0v) is 9.90. The van der Waals surface area contributed by atoms with Crippen molar-refractivity contribution in [3.8, 4) is 0 Å². The lowest BCUT2D eigenvalue weighted by Crippen LogP contribution is -2.07. The van der Waals surface area contributed by atoms with E-state index in [1.165, 1.54) is 19.9 Å². The van der Waals surface area contributed by atoms with E-state index in [0.717, 1.165) is 0 Å². The predicted molar refractivity (Wildman–Crippen MR) is 62.4 cm³/mol. The highest BCUT2D eigenvalue weighted by Crippen LogP contribution is 2.18. The summed E-state index contributed by atoms with van der Waals surface area (Å²) in [4.78, 5) is 24.2. The van der Waals surface area contributed by atoms with Gasteiger partial charge in [-0.25, -0.2) is 0 Å². The molecule has 0 fully saturated rings. The van der Waals surface area contributed by atoms with Crippen LogP contribution in [0.4, 0.5) is 5.88 Å². The molecule has 4 heteroatoms. The number of hydrogen-bond donors (Lipinski definition) is 0. The Hall–Kier alpha value is -1.84. The summed E-state index contributed by atoms with van der Waals surface area (Å²) in [6.07, 6.45) is 1.47.